The van der Waals surface area contributed by atoms with Gasteiger partial charge in [0.2, 0.25) is 11.8 Å². The van der Waals surface area contributed by atoms with Gasteiger partial charge in [-0.25, -0.2) is 4.98 Å². The number of hydrogen-bond donors (Lipinski definition) is 2. The molecule has 2 aliphatic carbocycles. The van der Waals surface area contributed by atoms with Crippen molar-refractivity contribution < 1.29 is 14.4 Å². The summed E-state index contributed by atoms with van der Waals surface area (Å²) in [4.78, 5) is 45.2. The minimum Gasteiger partial charge on any atom is -0.352 e. The number of nitrogens with one attached hydrogen (secondary N) is 2. The number of nitrogens with zero attached hydrogens (tertiary/aromatic N) is 1. The van der Waals surface area contributed by atoms with Crippen LogP contribution in [0.3, 0.4) is 0 Å². The minimum absolute atomic E-state index is 0.00708. The predicted octanol–water partition coefficient (Wildman–Crippen LogP) is 8.17. The summed E-state index contributed by atoms with van der Waals surface area (Å²) in [5, 5.41) is 6.25. The quantitative estimate of drug-likeness (QED) is 0.158. The number of amides is 2. The number of Topliss-reactive ketones (excluding diaryl/α,β-unsaturated/α-hetero) is 1. The largest absolute Gasteiger partial charge is 0.352 e. The second-order valence-corrected chi connectivity index (χ2v) is 15.0. The first-order valence-corrected chi connectivity index (χ1v) is 17.6. The molecule has 2 saturated carbocycles. The fourth-order valence-electron chi connectivity index (χ4n) is 6.37. The van der Waals surface area contributed by atoms with Crippen LogP contribution in [0.15, 0.2) is 29.8 Å². The summed E-state index contributed by atoms with van der Waals surface area (Å²) in [6.45, 7) is 8.62. The SMILES string of the molecule is Cc1ncsc1-c1ccc(CNC(=O)[C@@H]2CCCC(C(=O)C(NC(=O)CCCCCCCC3CC3)C(C)(C)C)CC2)cc1. The molecule has 3 atom stereocenters. The molecular formula is C36H53N3O3S. The molecule has 7 heteroatoms. The molecule has 2 N–H and O–H groups in total. The maximum Gasteiger partial charge on any atom is 0.223 e. The standard InChI is InChI=1S/C36H53N3O3S/c1-25-33(43-24-38-25)29-19-17-27(18-20-29)23-37-35(42)30-13-10-12-28(21-22-30)32(41)34(36(2,3)4)39-31(40)14-9-7-5-6-8-11-26-15-16-26/h17-20,24,26,28,30,34H,5-16,21-23H2,1-4H3,(H,37,42)(H,39,40)/t28?,30-,34?/m1/s1. The monoisotopic (exact) mass is 607 g/mol. The van der Waals surface area contributed by atoms with Gasteiger partial charge in [-0.15, -0.1) is 11.3 Å². The van der Waals surface area contributed by atoms with Crippen molar-refractivity contribution in [3.05, 3.63) is 41.0 Å². The van der Waals surface area contributed by atoms with Crippen LogP contribution in [0.5, 0.6) is 0 Å². The van der Waals surface area contributed by atoms with Crippen molar-refractivity contribution in [1.29, 1.82) is 0 Å². The number of benzene rings is 1. The van der Waals surface area contributed by atoms with Crippen LogP contribution in [0.4, 0.5) is 0 Å². The zero-order valence-corrected chi connectivity index (χ0v) is 27.7. The third kappa shape index (κ3) is 10.5. The molecule has 0 bridgehead atoms. The fraction of sp³-hybridized carbons (Fsp3) is 0.667. The van der Waals surface area contributed by atoms with Crippen LogP contribution in [-0.2, 0) is 20.9 Å². The summed E-state index contributed by atoms with van der Waals surface area (Å²) >= 11 is 1.64. The Labute approximate surface area is 263 Å². The van der Waals surface area contributed by atoms with E-state index in [1.807, 2.05) is 33.2 Å². The first-order valence-electron chi connectivity index (χ1n) is 16.7. The molecular weight excluding hydrogens is 554 g/mol. The highest BCUT2D eigenvalue weighted by atomic mass is 32.1. The van der Waals surface area contributed by atoms with E-state index in [2.05, 4.69) is 39.9 Å². The Bertz CT molecular complexity index is 1200. The number of ketones is 1. The highest BCUT2D eigenvalue weighted by molar-refractivity contribution is 7.13. The third-order valence-electron chi connectivity index (χ3n) is 9.34. The van der Waals surface area contributed by atoms with Crippen molar-refractivity contribution >= 4 is 28.9 Å². The molecule has 2 amide bonds. The summed E-state index contributed by atoms with van der Waals surface area (Å²) < 4.78 is 0. The van der Waals surface area contributed by atoms with Gasteiger partial charge in [-0.3, -0.25) is 14.4 Å². The molecule has 43 heavy (non-hydrogen) atoms. The van der Waals surface area contributed by atoms with E-state index in [0.29, 0.717) is 25.8 Å². The zero-order chi connectivity index (χ0) is 30.8. The van der Waals surface area contributed by atoms with Crippen LogP contribution in [0, 0.1) is 30.1 Å². The summed E-state index contributed by atoms with van der Waals surface area (Å²) in [5.74, 6) is 1.01. The summed E-state index contributed by atoms with van der Waals surface area (Å²) in [5.41, 5.74) is 4.76. The Hall–Kier alpha value is -2.54. The van der Waals surface area contributed by atoms with Crippen molar-refractivity contribution in [3.63, 3.8) is 0 Å². The number of unbranched alkanes of at least 4 members (excludes halogenated alkanes) is 4. The fourth-order valence-corrected chi connectivity index (χ4v) is 7.19. The van der Waals surface area contributed by atoms with E-state index in [-0.39, 0.29) is 34.8 Å². The number of thiazole rings is 1. The Balaban J connectivity index is 1.20. The van der Waals surface area contributed by atoms with Crippen molar-refractivity contribution in [3.8, 4) is 10.4 Å². The van der Waals surface area contributed by atoms with Gasteiger partial charge < -0.3 is 10.6 Å². The maximum absolute atomic E-state index is 13.7. The number of rotatable bonds is 15. The highest BCUT2D eigenvalue weighted by Gasteiger charge is 2.37. The number of carbonyl (C=O) groups excluding carboxylic acids is 3. The average Bonchev–Trinajstić information content (AvgIpc) is 3.76. The van der Waals surface area contributed by atoms with Crippen molar-refractivity contribution in [1.82, 2.24) is 15.6 Å². The second kappa shape index (κ2) is 16.0. The van der Waals surface area contributed by atoms with E-state index in [1.54, 1.807) is 11.3 Å². The van der Waals surface area contributed by atoms with Gasteiger partial charge in [0.05, 0.1) is 22.1 Å². The Morgan fingerprint density at radius 2 is 1.58 bits per heavy atom. The van der Waals surface area contributed by atoms with Crippen molar-refractivity contribution in [2.75, 3.05) is 0 Å². The molecule has 236 valence electrons. The summed E-state index contributed by atoms with van der Waals surface area (Å²) in [6.07, 6.45) is 14.3. The van der Waals surface area contributed by atoms with Crippen LogP contribution in [-0.4, -0.2) is 28.6 Å². The van der Waals surface area contributed by atoms with Crippen LogP contribution in [0.1, 0.15) is 122 Å². The lowest BCUT2D eigenvalue weighted by molar-refractivity contribution is -0.133. The minimum atomic E-state index is -0.495. The topological polar surface area (TPSA) is 88.2 Å². The molecule has 1 heterocycles. The molecule has 2 aromatic rings. The Morgan fingerprint density at radius 1 is 0.907 bits per heavy atom. The molecule has 0 spiro atoms. The van der Waals surface area contributed by atoms with E-state index in [1.165, 1.54) is 43.4 Å². The number of carbonyl (C=O) groups is 3. The van der Waals surface area contributed by atoms with Gasteiger partial charge in [0.25, 0.3) is 0 Å². The highest BCUT2D eigenvalue weighted by Crippen LogP contribution is 2.34. The lowest BCUT2D eigenvalue weighted by Crippen LogP contribution is -2.51. The maximum atomic E-state index is 13.7. The van der Waals surface area contributed by atoms with E-state index < -0.39 is 6.04 Å². The van der Waals surface area contributed by atoms with Crippen LogP contribution in [0.25, 0.3) is 10.4 Å². The van der Waals surface area contributed by atoms with E-state index in [0.717, 1.165) is 54.8 Å². The average molecular weight is 608 g/mol. The Kier molecular flexibility index (Phi) is 12.4. The smallest absolute Gasteiger partial charge is 0.223 e. The van der Waals surface area contributed by atoms with Gasteiger partial charge in [-0.1, -0.05) is 96.4 Å². The zero-order valence-electron chi connectivity index (χ0n) is 26.9. The molecule has 0 aliphatic heterocycles. The van der Waals surface area contributed by atoms with E-state index in [9.17, 15) is 14.4 Å². The van der Waals surface area contributed by atoms with Gasteiger partial charge >= 0.3 is 0 Å². The normalized spacial score (nSPS) is 19.8. The molecule has 2 aliphatic rings. The predicted molar refractivity (Wildman–Crippen MR) is 176 cm³/mol. The van der Waals surface area contributed by atoms with Gasteiger partial charge in [-0.2, -0.15) is 0 Å². The van der Waals surface area contributed by atoms with Crippen LogP contribution >= 0.6 is 11.3 Å². The summed E-state index contributed by atoms with van der Waals surface area (Å²) in [6, 6.07) is 7.81. The molecule has 6 nitrogen and oxygen atoms in total. The van der Waals surface area contributed by atoms with Gasteiger partial charge in [0, 0.05) is 24.8 Å². The first kappa shape index (κ1) is 33.4. The third-order valence-corrected chi connectivity index (χ3v) is 10.3. The van der Waals surface area contributed by atoms with E-state index >= 15 is 0 Å². The molecule has 0 radical (unpaired) electrons. The molecule has 0 saturated heterocycles. The summed E-state index contributed by atoms with van der Waals surface area (Å²) in [7, 11) is 0. The number of hydrogen-bond acceptors (Lipinski definition) is 5. The van der Waals surface area contributed by atoms with Gasteiger partial charge in [0.15, 0.2) is 5.78 Å². The number of aromatic nitrogens is 1. The molecule has 1 aromatic carbocycles. The van der Waals surface area contributed by atoms with Crippen LogP contribution in [0.2, 0.25) is 0 Å². The van der Waals surface area contributed by atoms with E-state index in [4.69, 9.17) is 0 Å². The first-order chi connectivity index (χ1) is 20.6. The molecule has 2 unspecified atom stereocenters. The lowest BCUT2D eigenvalue weighted by atomic mass is 9.78. The van der Waals surface area contributed by atoms with Crippen molar-refractivity contribution in [2.24, 2.45) is 23.2 Å². The van der Waals surface area contributed by atoms with Gasteiger partial charge in [0.1, 0.15) is 0 Å². The Morgan fingerprint density at radius 3 is 2.26 bits per heavy atom. The number of aryl methyl sites for hydroxylation is 1. The second-order valence-electron chi connectivity index (χ2n) is 14.1. The molecule has 1 aromatic heterocycles. The van der Waals surface area contributed by atoms with Crippen molar-refractivity contribution in [2.45, 2.75) is 130 Å². The van der Waals surface area contributed by atoms with Gasteiger partial charge in [-0.05, 0) is 61.5 Å². The van der Waals surface area contributed by atoms with Crippen LogP contribution < -0.4 is 10.6 Å². The molecule has 4 rings (SSSR count). The lowest BCUT2D eigenvalue weighted by Gasteiger charge is -2.33. The molecule has 2 fully saturated rings.